The van der Waals surface area contributed by atoms with Gasteiger partial charge in [0.1, 0.15) is 5.75 Å². The minimum atomic E-state index is 0.276. The van der Waals surface area contributed by atoms with E-state index in [0.717, 1.165) is 45.4 Å². The second kappa shape index (κ2) is 7.88. The summed E-state index contributed by atoms with van der Waals surface area (Å²) in [6.45, 7) is 2.21. The smallest absolute Gasteiger partial charge is 0.189 e. The fourth-order valence-corrected chi connectivity index (χ4v) is 4.34. The van der Waals surface area contributed by atoms with Crippen molar-refractivity contribution in [3.05, 3.63) is 52.5 Å². The summed E-state index contributed by atoms with van der Waals surface area (Å²) in [5.41, 5.74) is 4.16. The molecule has 0 amide bonds. The molecule has 7 heteroatoms. The fraction of sp³-hybridized carbons (Fsp3) is 0.316. The molecule has 3 aromatic rings. The van der Waals surface area contributed by atoms with E-state index in [1.807, 2.05) is 30.3 Å². The van der Waals surface area contributed by atoms with Gasteiger partial charge in [0.15, 0.2) is 11.9 Å². The maximum absolute atomic E-state index is 6.27. The Morgan fingerprint density at radius 1 is 1.31 bits per heavy atom. The number of hydrogen-bond acceptors (Lipinski definition) is 5. The lowest BCUT2D eigenvalue weighted by Gasteiger charge is -2.21. The van der Waals surface area contributed by atoms with Gasteiger partial charge >= 0.3 is 0 Å². The molecule has 136 valence electrons. The molecular weight excluding hydrogens is 372 g/mol. The lowest BCUT2D eigenvalue weighted by atomic mass is 10.1. The van der Waals surface area contributed by atoms with E-state index in [9.17, 15) is 0 Å². The molecule has 0 atom stereocenters. The lowest BCUT2D eigenvalue weighted by molar-refractivity contribution is -0.0168. The Hall–Kier alpha value is -1.73. The van der Waals surface area contributed by atoms with Crippen LogP contribution < -0.4 is 4.74 Å². The third kappa shape index (κ3) is 3.55. The average molecular weight is 391 g/mol. The van der Waals surface area contributed by atoms with Crippen molar-refractivity contribution < 1.29 is 14.2 Å². The fourth-order valence-electron chi connectivity index (χ4n) is 3.07. The number of halogens is 1. The summed E-state index contributed by atoms with van der Waals surface area (Å²) in [6.07, 6.45) is 0. The van der Waals surface area contributed by atoms with E-state index < -0.39 is 0 Å². The van der Waals surface area contributed by atoms with Gasteiger partial charge in [-0.05, 0) is 24.3 Å². The number of fused-ring (bicyclic) bond motifs is 2. The van der Waals surface area contributed by atoms with Gasteiger partial charge in [-0.25, -0.2) is 4.98 Å². The molecule has 1 aromatic heterocycles. The highest BCUT2D eigenvalue weighted by molar-refractivity contribution is 7.98. The van der Waals surface area contributed by atoms with Gasteiger partial charge in [-0.2, -0.15) is 0 Å². The second-order valence-electron chi connectivity index (χ2n) is 5.98. The van der Waals surface area contributed by atoms with Gasteiger partial charge < -0.3 is 18.8 Å². The summed E-state index contributed by atoms with van der Waals surface area (Å²) in [5.74, 6) is 1.60. The Bertz CT molecular complexity index is 929. The van der Waals surface area contributed by atoms with Gasteiger partial charge in [-0.15, -0.1) is 0 Å². The van der Waals surface area contributed by atoms with Crippen molar-refractivity contribution in [2.24, 2.45) is 0 Å². The van der Waals surface area contributed by atoms with Crippen LogP contribution in [-0.4, -0.2) is 30.1 Å². The third-order valence-corrected chi connectivity index (χ3v) is 5.49. The molecule has 0 fully saturated rings. The van der Waals surface area contributed by atoms with Crippen molar-refractivity contribution in [1.29, 1.82) is 0 Å². The van der Waals surface area contributed by atoms with Gasteiger partial charge in [0.05, 0.1) is 24.2 Å². The molecule has 0 saturated carbocycles. The maximum atomic E-state index is 6.27. The predicted molar refractivity (Wildman–Crippen MR) is 103 cm³/mol. The average Bonchev–Trinajstić information content (AvgIpc) is 3.01. The van der Waals surface area contributed by atoms with Crippen LogP contribution in [0.3, 0.4) is 0 Å². The summed E-state index contributed by atoms with van der Waals surface area (Å²) in [7, 11) is 1.71. The number of rotatable bonds is 6. The lowest BCUT2D eigenvalue weighted by Crippen LogP contribution is -2.13. The Morgan fingerprint density at radius 3 is 3.08 bits per heavy atom. The number of aromatic nitrogens is 2. The first kappa shape index (κ1) is 17.7. The zero-order chi connectivity index (χ0) is 17.9. The highest BCUT2D eigenvalue weighted by Crippen LogP contribution is 2.36. The van der Waals surface area contributed by atoms with Crippen molar-refractivity contribution in [1.82, 2.24) is 9.55 Å². The summed E-state index contributed by atoms with van der Waals surface area (Å²) in [4.78, 5) is 4.79. The van der Waals surface area contributed by atoms with Gasteiger partial charge in [-0.3, -0.25) is 0 Å². The van der Waals surface area contributed by atoms with Crippen LogP contribution in [0, 0.1) is 0 Å². The number of ether oxygens (including phenoxy) is 3. The number of thioether (sulfide) groups is 1. The molecule has 5 nitrogen and oxygen atoms in total. The molecule has 0 saturated heterocycles. The van der Waals surface area contributed by atoms with E-state index in [4.69, 9.17) is 30.8 Å². The van der Waals surface area contributed by atoms with Crippen LogP contribution in [0.25, 0.3) is 11.0 Å². The van der Waals surface area contributed by atoms with Crippen LogP contribution in [0.5, 0.6) is 5.75 Å². The highest BCUT2D eigenvalue weighted by Gasteiger charge is 2.18. The van der Waals surface area contributed by atoms with Gasteiger partial charge in [-0.1, -0.05) is 35.5 Å². The first-order chi connectivity index (χ1) is 12.8. The number of para-hydroxylation sites is 2. The molecule has 1 aliphatic rings. The molecule has 2 heterocycles. The number of benzene rings is 2. The van der Waals surface area contributed by atoms with Gasteiger partial charge in [0.2, 0.25) is 0 Å². The van der Waals surface area contributed by atoms with Crippen LogP contribution >= 0.6 is 23.4 Å². The standard InChI is InChI=1S/C19H19ClN2O3S/c1-23-7-6-22-17-5-3-2-4-16(17)21-19(22)26-11-14-9-15(20)8-13-10-24-12-25-18(13)14/h2-5,8-9H,6-7,10-12H2,1H3. The maximum Gasteiger partial charge on any atom is 0.189 e. The van der Waals surface area contributed by atoms with E-state index in [2.05, 4.69) is 10.6 Å². The molecule has 2 aromatic carbocycles. The highest BCUT2D eigenvalue weighted by atomic mass is 35.5. The van der Waals surface area contributed by atoms with E-state index in [-0.39, 0.29) is 6.79 Å². The van der Waals surface area contributed by atoms with E-state index in [1.54, 1.807) is 18.9 Å². The quantitative estimate of drug-likeness (QED) is 0.580. The second-order valence-corrected chi connectivity index (χ2v) is 7.36. The molecule has 1 aliphatic heterocycles. The Kier molecular flexibility index (Phi) is 5.36. The summed E-state index contributed by atoms with van der Waals surface area (Å²) in [5, 5.41) is 1.66. The zero-order valence-corrected chi connectivity index (χ0v) is 16.0. The molecule has 0 bridgehead atoms. The largest absolute Gasteiger partial charge is 0.467 e. The Morgan fingerprint density at radius 2 is 2.19 bits per heavy atom. The van der Waals surface area contributed by atoms with Crippen molar-refractivity contribution >= 4 is 34.4 Å². The number of imidazole rings is 1. The minimum absolute atomic E-state index is 0.276. The molecule has 4 rings (SSSR count). The molecule has 0 unspecified atom stereocenters. The predicted octanol–water partition coefficient (Wildman–Crippen LogP) is 4.49. The van der Waals surface area contributed by atoms with Gasteiger partial charge in [0.25, 0.3) is 0 Å². The molecule has 0 radical (unpaired) electrons. The molecule has 26 heavy (non-hydrogen) atoms. The molecule has 0 spiro atoms. The van der Waals surface area contributed by atoms with Crippen LogP contribution in [-0.2, 0) is 28.4 Å². The molecular formula is C19H19ClN2O3S. The first-order valence-electron chi connectivity index (χ1n) is 8.35. The normalized spacial score (nSPS) is 13.6. The topological polar surface area (TPSA) is 45.5 Å². The summed E-state index contributed by atoms with van der Waals surface area (Å²) >= 11 is 7.94. The molecule has 0 N–H and O–H groups in total. The van der Waals surface area contributed by atoms with Crippen molar-refractivity contribution in [3.63, 3.8) is 0 Å². The number of hydrogen-bond donors (Lipinski definition) is 0. The molecule has 0 aliphatic carbocycles. The van der Waals surface area contributed by atoms with Crippen molar-refractivity contribution in [2.45, 2.75) is 24.1 Å². The number of methoxy groups -OCH3 is 1. The Labute approximate surface area is 161 Å². The monoisotopic (exact) mass is 390 g/mol. The zero-order valence-electron chi connectivity index (χ0n) is 14.4. The number of nitrogens with zero attached hydrogens (tertiary/aromatic N) is 2. The van der Waals surface area contributed by atoms with E-state index in [0.29, 0.717) is 18.2 Å². The van der Waals surface area contributed by atoms with Crippen LogP contribution in [0.4, 0.5) is 0 Å². The first-order valence-corrected chi connectivity index (χ1v) is 9.71. The van der Waals surface area contributed by atoms with E-state index in [1.165, 1.54) is 0 Å². The third-order valence-electron chi connectivity index (χ3n) is 4.25. The minimum Gasteiger partial charge on any atom is -0.467 e. The van der Waals surface area contributed by atoms with Crippen molar-refractivity contribution in [3.8, 4) is 5.75 Å². The Balaban J connectivity index is 1.63. The van der Waals surface area contributed by atoms with Gasteiger partial charge in [0, 0.05) is 35.6 Å². The van der Waals surface area contributed by atoms with Crippen molar-refractivity contribution in [2.75, 3.05) is 20.5 Å². The summed E-state index contributed by atoms with van der Waals surface area (Å²) in [6, 6.07) is 12.0. The summed E-state index contributed by atoms with van der Waals surface area (Å²) < 4.78 is 18.5. The van der Waals surface area contributed by atoms with E-state index >= 15 is 0 Å². The van der Waals surface area contributed by atoms with Crippen LogP contribution in [0.2, 0.25) is 5.02 Å². The SMILES string of the molecule is COCCn1c(SCc2cc(Cl)cc3c2OCOC3)nc2ccccc21. The van der Waals surface area contributed by atoms with Crippen LogP contribution in [0.1, 0.15) is 11.1 Å². The van der Waals surface area contributed by atoms with Crippen LogP contribution in [0.15, 0.2) is 41.6 Å².